The summed E-state index contributed by atoms with van der Waals surface area (Å²) in [4.78, 5) is 4.68. The van der Waals surface area contributed by atoms with E-state index in [4.69, 9.17) is 0 Å². The summed E-state index contributed by atoms with van der Waals surface area (Å²) < 4.78 is 1.85. The van der Waals surface area contributed by atoms with Crippen LogP contribution in [-0.2, 0) is 13.1 Å². The maximum absolute atomic E-state index is 4.68. The van der Waals surface area contributed by atoms with Gasteiger partial charge in [0.2, 0.25) is 0 Å². The molecule has 3 aromatic rings. The third-order valence-electron chi connectivity index (χ3n) is 4.01. The second kappa shape index (κ2) is 8.85. The lowest BCUT2D eigenvalue weighted by Gasteiger charge is -2.12. The summed E-state index contributed by atoms with van der Waals surface area (Å²) in [6, 6.07) is 18.7. The highest BCUT2D eigenvalue weighted by molar-refractivity contribution is 5.79. The number of aryl methyl sites for hydroxylation is 1. The molecule has 0 unspecified atom stereocenters. The lowest BCUT2D eigenvalue weighted by Crippen LogP contribution is -2.36. The Kier molecular flexibility index (Phi) is 6.04. The third kappa shape index (κ3) is 4.96. The van der Waals surface area contributed by atoms with Crippen LogP contribution in [0.1, 0.15) is 23.6 Å². The van der Waals surface area contributed by atoms with Crippen molar-refractivity contribution in [2.45, 2.75) is 26.9 Å². The molecule has 0 saturated carbocycles. The van der Waals surface area contributed by atoms with Crippen LogP contribution in [-0.4, -0.2) is 22.3 Å². The van der Waals surface area contributed by atoms with E-state index in [0.717, 1.165) is 24.7 Å². The quantitative estimate of drug-likeness (QED) is 0.530. The molecule has 0 bridgehead atoms. The summed E-state index contributed by atoms with van der Waals surface area (Å²) in [5, 5.41) is 10.9. The standard InChI is InChI=1S/C21H25N5/c1-3-22-21(24-16-19-7-4-6-17(2)14-19)23-15-18-8-10-20(11-9-18)26-13-5-12-25-26/h4-14H,3,15-16H2,1-2H3,(H2,22,23,24). The van der Waals surface area contributed by atoms with Gasteiger partial charge < -0.3 is 10.6 Å². The zero-order valence-corrected chi connectivity index (χ0v) is 15.3. The summed E-state index contributed by atoms with van der Waals surface area (Å²) in [5.41, 5.74) is 4.72. The Balaban J connectivity index is 1.60. The number of nitrogens with zero attached hydrogens (tertiary/aromatic N) is 3. The smallest absolute Gasteiger partial charge is 0.191 e. The molecule has 3 rings (SSSR count). The van der Waals surface area contributed by atoms with E-state index in [1.165, 1.54) is 16.7 Å². The number of hydrogen-bond acceptors (Lipinski definition) is 2. The number of aliphatic imine (C=N–C) groups is 1. The molecule has 2 N–H and O–H groups in total. The Labute approximate surface area is 154 Å². The van der Waals surface area contributed by atoms with Gasteiger partial charge >= 0.3 is 0 Å². The molecule has 0 amide bonds. The van der Waals surface area contributed by atoms with Gasteiger partial charge in [0.1, 0.15) is 0 Å². The van der Waals surface area contributed by atoms with Gasteiger partial charge in [-0.25, -0.2) is 9.67 Å². The second-order valence-electron chi connectivity index (χ2n) is 6.15. The molecular weight excluding hydrogens is 322 g/mol. The Hall–Kier alpha value is -3.08. The fourth-order valence-corrected chi connectivity index (χ4v) is 2.70. The lowest BCUT2D eigenvalue weighted by molar-refractivity contribution is 0.814. The van der Waals surface area contributed by atoms with Gasteiger partial charge in [0.05, 0.1) is 12.2 Å². The molecule has 0 aliphatic carbocycles. The number of guanidine groups is 1. The highest BCUT2D eigenvalue weighted by atomic mass is 15.3. The minimum Gasteiger partial charge on any atom is -0.357 e. The largest absolute Gasteiger partial charge is 0.357 e. The van der Waals surface area contributed by atoms with Crippen molar-refractivity contribution in [2.24, 2.45) is 4.99 Å². The van der Waals surface area contributed by atoms with Crippen molar-refractivity contribution >= 4 is 5.96 Å². The van der Waals surface area contributed by atoms with Gasteiger partial charge in [0.25, 0.3) is 0 Å². The van der Waals surface area contributed by atoms with Gasteiger partial charge in [0.15, 0.2) is 5.96 Å². The van der Waals surface area contributed by atoms with Crippen LogP contribution in [0.25, 0.3) is 5.69 Å². The molecule has 5 nitrogen and oxygen atoms in total. The van der Waals surface area contributed by atoms with E-state index in [2.05, 4.69) is 83.1 Å². The molecule has 0 radical (unpaired) electrons. The molecular formula is C21H25N5. The van der Waals surface area contributed by atoms with E-state index in [-0.39, 0.29) is 0 Å². The van der Waals surface area contributed by atoms with Crippen molar-refractivity contribution in [3.05, 3.63) is 83.7 Å². The van der Waals surface area contributed by atoms with Crippen LogP contribution in [0.3, 0.4) is 0 Å². The molecule has 0 atom stereocenters. The number of hydrogen-bond donors (Lipinski definition) is 2. The van der Waals surface area contributed by atoms with Crippen molar-refractivity contribution in [1.82, 2.24) is 20.4 Å². The fraction of sp³-hybridized carbons (Fsp3) is 0.238. The number of aromatic nitrogens is 2. The molecule has 1 aromatic heterocycles. The first-order chi connectivity index (χ1) is 12.7. The summed E-state index contributed by atoms with van der Waals surface area (Å²) in [7, 11) is 0. The van der Waals surface area contributed by atoms with Crippen molar-refractivity contribution in [1.29, 1.82) is 0 Å². The summed E-state index contributed by atoms with van der Waals surface area (Å²) >= 11 is 0. The number of rotatable bonds is 6. The van der Waals surface area contributed by atoms with Gasteiger partial charge in [-0.05, 0) is 43.2 Å². The average molecular weight is 347 g/mol. The van der Waals surface area contributed by atoms with E-state index in [9.17, 15) is 0 Å². The topological polar surface area (TPSA) is 54.2 Å². The van der Waals surface area contributed by atoms with Crippen molar-refractivity contribution < 1.29 is 0 Å². The van der Waals surface area contributed by atoms with Crippen LogP contribution < -0.4 is 10.6 Å². The molecule has 134 valence electrons. The van der Waals surface area contributed by atoms with Crippen LogP contribution in [0.15, 0.2) is 72.0 Å². The van der Waals surface area contributed by atoms with E-state index in [1.807, 2.05) is 16.9 Å². The van der Waals surface area contributed by atoms with E-state index in [1.54, 1.807) is 6.20 Å². The summed E-state index contributed by atoms with van der Waals surface area (Å²) in [5.74, 6) is 0.824. The normalized spacial score (nSPS) is 11.4. The Bertz CT molecular complexity index is 835. The number of benzene rings is 2. The first-order valence-electron chi connectivity index (χ1n) is 8.91. The molecule has 0 fully saturated rings. The summed E-state index contributed by atoms with van der Waals surface area (Å²) in [6.45, 7) is 6.39. The molecule has 2 aromatic carbocycles. The summed E-state index contributed by atoms with van der Waals surface area (Å²) in [6.07, 6.45) is 3.72. The molecule has 5 heteroatoms. The Morgan fingerprint density at radius 3 is 2.58 bits per heavy atom. The first-order valence-corrected chi connectivity index (χ1v) is 8.91. The van der Waals surface area contributed by atoms with Gasteiger partial charge in [0, 0.05) is 25.5 Å². The van der Waals surface area contributed by atoms with Gasteiger partial charge in [-0.1, -0.05) is 42.0 Å². The van der Waals surface area contributed by atoms with Crippen LogP contribution in [0.4, 0.5) is 0 Å². The van der Waals surface area contributed by atoms with Crippen LogP contribution in [0.2, 0.25) is 0 Å². The Morgan fingerprint density at radius 2 is 1.88 bits per heavy atom. The molecule has 0 spiro atoms. The van der Waals surface area contributed by atoms with Gasteiger partial charge in [-0.2, -0.15) is 5.10 Å². The van der Waals surface area contributed by atoms with Crippen molar-refractivity contribution in [2.75, 3.05) is 6.54 Å². The predicted molar refractivity (Wildman–Crippen MR) is 106 cm³/mol. The maximum atomic E-state index is 4.68. The van der Waals surface area contributed by atoms with Crippen LogP contribution in [0.5, 0.6) is 0 Å². The highest BCUT2D eigenvalue weighted by Crippen LogP contribution is 2.09. The highest BCUT2D eigenvalue weighted by Gasteiger charge is 2.01. The lowest BCUT2D eigenvalue weighted by atomic mass is 10.1. The monoisotopic (exact) mass is 347 g/mol. The number of nitrogens with one attached hydrogen (secondary N) is 2. The van der Waals surface area contributed by atoms with Crippen molar-refractivity contribution in [3.63, 3.8) is 0 Å². The average Bonchev–Trinajstić information content (AvgIpc) is 3.19. The zero-order chi connectivity index (χ0) is 18.2. The SMILES string of the molecule is CCNC(=NCc1cccc(C)c1)NCc1ccc(-n2cccn2)cc1. The molecule has 1 heterocycles. The van der Waals surface area contributed by atoms with Gasteiger partial charge in [-0.15, -0.1) is 0 Å². The molecule has 0 aliphatic rings. The van der Waals surface area contributed by atoms with Crippen LogP contribution >= 0.6 is 0 Å². The minimum atomic E-state index is 0.662. The molecule has 0 saturated heterocycles. The van der Waals surface area contributed by atoms with E-state index in [0.29, 0.717) is 6.54 Å². The molecule has 0 aliphatic heterocycles. The van der Waals surface area contributed by atoms with Crippen molar-refractivity contribution in [3.8, 4) is 5.69 Å². The van der Waals surface area contributed by atoms with E-state index >= 15 is 0 Å². The van der Waals surface area contributed by atoms with Gasteiger partial charge in [-0.3, -0.25) is 0 Å². The third-order valence-corrected chi connectivity index (χ3v) is 4.01. The van der Waals surface area contributed by atoms with Crippen LogP contribution in [0, 0.1) is 6.92 Å². The zero-order valence-electron chi connectivity index (χ0n) is 15.3. The van der Waals surface area contributed by atoms with E-state index < -0.39 is 0 Å². The minimum absolute atomic E-state index is 0.662. The predicted octanol–water partition coefficient (Wildman–Crippen LogP) is 3.44. The Morgan fingerprint density at radius 1 is 1.04 bits per heavy atom. The fourth-order valence-electron chi connectivity index (χ4n) is 2.70. The first kappa shape index (κ1) is 17.7. The molecule has 26 heavy (non-hydrogen) atoms. The second-order valence-corrected chi connectivity index (χ2v) is 6.15. The maximum Gasteiger partial charge on any atom is 0.191 e.